The van der Waals surface area contributed by atoms with Crippen molar-refractivity contribution in [3.63, 3.8) is 0 Å². The van der Waals surface area contributed by atoms with Crippen LogP contribution in [0.1, 0.15) is 105 Å². The van der Waals surface area contributed by atoms with E-state index in [4.69, 9.17) is 0 Å². The Hall–Kier alpha value is -1.18. The van der Waals surface area contributed by atoms with E-state index in [2.05, 4.69) is 27.7 Å². The van der Waals surface area contributed by atoms with E-state index in [1.807, 2.05) is 0 Å². The maximum absolute atomic E-state index is 10.3. The molecular formula is C30H46O2. The Morgan fingerprint density at radius 3 is 2.12 bits per heavy atom. The highest BCUT2D eigenvalue weighted by Gasteiger charge is 2.59. The van der Waals surface area contributed by atoms with Crippen molar-refractivity contribution in [1.82, 2.24) is 0 Å². The Morgan fingerprint density at radius 1 is 0.812 bits per heavy atom. The summed E-state index contributed by atoms with van der Waals surface area (Å²) in [6.07, 6.45) is 23.4. The molecule has 0 amide bonds. The van der Waals surface area contributed by atoms with Crippen molar-refractivity contribution in [2.24, 2.45) is 46.3 Å². The lowest BCUT2D eigenvalue weighted by molar-refractivity contribution is -0.114. The number of rotatable bonds is 3. The molecule has 0 aromatic heterocycles. The van der Waals surface area contributed by atoms with Gasteiger partial charge in [0.2, 0.25) is 0 Å². The van der Waals surface area contributed by atoms with Crippen LogP contribution in [0.25, 0.3) is 0 Å². The van der Waals surface area contributed by atoms with Gasteiger partial charge in [0.1, 0.15) is 0 Å². The number of hydrogen-bond donors (Lipinski definition) is 0. The van der Waals surface area contributed by atoms with Gasteiger partial charge in [-0.1, -0.05) is 53.4 Å². The van der Waals surface area contributed by atoms with Crippen molar-refractivity contribution in [1.29, 1.82) is 0 Å². The summed E-state index contributed by atoms with van der Waals surface area (Å²) in [7, 11) is 0. The van der Waals surface area contributed by atoms with E-state index in [1.165, 1.54) is 50.0 Å². The molecule has 0 aliphatic heterocycles. The number of carbonyl (C=O) groups excluding carboxylic acids is 2. The zero-order valence-corrected chi connectivity index (χ0v) is 21.1. The summed E-state index contributed by atoms with van der Waals surface area (Å²) in [5.74, 6) is 6.06. The fourth-order valence-corrected chi connectivity index (χ4v) is 9.37. The SMILES string of the molecule is CCC[C@@H](C)[C@H]1CC[C@H]2[C@@H]3CCC4CCCC[C@]4(C)[C@H]3CC[C@]12C.O=C1C=CC(=O)C=C1. The van der Waals surface area contributed by atoms with Gasteiger partial charge < -0.3 is 0 Å². The minimum absolute atomic E-state index is 0.121. The van der Waals surface area contributed by atoms with Crippen molar-refractivity contribution >= 4 is 11.6 Å². The maximum Gasteiger partial charge on any atom is 0.178 e. The fourth-order valence-electron chi connectivity index (χ4n) is 9.37. The van der Waals surface area contributed by atoms with Crippen molar-refractivity contribution in [2.75, 3.05) is 0 Å². The third-order valence-corrected chi connectivity index (χ3v) is 10.9. The summed E-state index contributed by atoms with van der Waals surface area (Å²) in [6, 6.07) is 0. The molecule has 2 nitrogen and oxygen atoms in total. The van der Waals surface area contributed by atoms with E-state index >= 15 is 0 Å². The van der Waals surface area contributed by atoms with Crippen LogP contribution < -0.4 is 0 Å². The molecule has 5 aliphatic rings. The molecule has 32 heavy (non-hydrogen) atoms. The lowest BCUT2D eigenvalue weighted by Gasteiger charge is -2.61. The molecule has 5 rings (SSSR count). The van der Waals surface area contributed by atoms with Crippen LogP contribution in [0.3, 0.4) is 0 Å². The van der Waals surface area contributed by atoms with Crippen LogP contribution in [0.5, 0.6) is 0 Å². The van der Waals surface area contributed by atoms with Gasteiger partial charge in [-0.3, -0.25) is 9.59 Å². The highest BCUT2D eigenvalue weighted by molar-refractivity contribution is 6.14. The largest absolute Gasteiger partial charge is 0.290 e. The first-order valence-electron chi connectivity index (χ1n) is 13.7. The number of fused-ring (bicyclic) bond motifs is 5. The van der Waals surface area contributed by atoms with Gasteiger partial charge in [0.05, 0.1) is 0 Å². The van der Waals surface area contributed by atoms with Crippen molar-refractivity contribution in [3.8, 4) is 0 Å². The Kier molecular flexibility index (Phi) is 7.18. The van der Waals surface area contributed by atoms with Crippen LogP contribution in [0.2, 0.25) is 0 Å². The molecule has 0 spiro atoms. The zero-order chi connectivity index (χ0) is 22.9. The van der Waals surface area contributed by atoms with E-state index in [0.717, 1.165) is 40.9 Å². The Labute approximate surface area is 196 Å². The van der Waals surface area contributed by atoms with Gasteiger partial charge in [-0.2, -0.15) is 0 Å². The van der Waals surface area contributed by atoms with E-state index in [0.29, 0.717) is 5.41 Å². The molecule has 1 unspecified atom stereocenters. The van der Waals surface area contributed by atoms with E-state index in [9.17, 15) is 9.59 Å². The summed E-state index contributed by atoms with van der Waals surface area (Å²) in [5, 5.41) is 0. The number of hydrogen-bond acceptors (Lipinski definition) is 2. The fraction of sp³-hybridized carbons (Fsp3) is 0.800. The molecule has 0 aromatic carbocycles. The zero-order valence-electron chi connectivity index (χ0n) is 21.1. The lowest BCUT2D eigenvalue weighted by atomic mass is 9.44. The van der Waals surface area contributed by atoms with Crippen molar-refractivity contribution in [3.05, 3.63) is 24.3 Å². The van der Waals surface area contributed by atoms with Crippen LogP contribution >= 0.6 is 0 Å². The first-order valence-corrected chi connectivity index (χ1v) is 13.7. The third-order valence-electron chi connectivity index (χ3n) is 10.9. The van der Waals surface area contributed by atoms with Gasteiger partial charge in [-0.25, -0.2) is 0 Å². The van der Waals surface area contributed by atoms with Gasteiger partial charge in [-0.05, 0) is 122 Å². The highest BCUT2D eigenvalue weighted by atomic mass is 16.1. The summed E-state index contributed by atoms with van der Waals surface area (Å²) in [4.78, 5) is 20.6. The summed E-state index contributed by atoms with van der Waals surface area (Å²) >= 11 is 0. The molecule has 178 valence electrons. The molecule has 8 atom stereocenters. The van der Waals surface area contributed by atoms with Gasteiger partial charge in [-0.15, -0.1) is 0 Å². The van der Waals surface area contributed by atoms with Crippen LogP contribution in [0.4, 0.5) is 0 Å². The van der Waals surface area contributed by atoms with Crippen LogP contribution in [0, 0.1) is 46.3 Å². The molecule has 4 fully saturated rings. The van der Waals surface area contributed by atoms with Gasteiger partial charge in [0.25, 0.3) is 0 Å². The number of allylic oxidation sites excluding steroid dienone is 4. The smallest absolute Gasteiger partial charge is 0.178 e. The standard InChI is InChI=1S/C24H42.C6H4O2/c1-5-8-17(2)20-12-13-21-19-11-10-18-9-6-7-15-23(18,3)22(19)14-16-24(20,21)4;7-5-1-2-6(8)4-3-5/h17-22H,5-16H2,1-4H3;1-4H/t17-,18?,19+,20-,21+,22+,23+,24-;/m1./s1. The Bertz CT molecular complexity index is 725. The molecule has 0 saturated heterocycles. The molecule has 2 heteroatoms. The van der Waals surface area contributed by atoms with E-state index in [-0.39, 0.29) is 11.6 Å². The predicted molar refractivity (Wildman–Crippen MR) is 132 cm³/mol. The van der Waals surface area contributed by atoms with Gasteiger partial charge >= 0.3 is 0 Å². The maximum atomic E-state index is 10.3. The first kappa shape index (κ1) is 24.0. The molecule has 0 heterocycles. The van der Waals surface area contributed by atoms with Gasteiger partial charge in [0.15, 0.2) is 11.6 Å². The quantitative estimate of drug-likeness (QED) is 0.423. The Morgan fingerprint density at radius 2 is 1.47 bits per heavy atom. The topological polar surface area (TPSA) is 34.1 Å². The monoisotopic (exact) mass is 438 g/mol. The predicted octanol–water partition coefficient (Wildman–Crippen LogP) is 7.72. The molecule has 4 saturated carbocycles. The average molecular weight is 439 g/mol. The van der Waals surface area contributed by atoms with Crippen LogP contribution in [-0.4, -0.2) is 11.6 Å². The first-order chi connectivity index (χ1) is 15.3. The molecule has 0 radical (unpaired) electrons. The molecule has 0 bridgehead atoms. The second kappa shape index (κ2) is 9.59. The molecule has 5 aliphatic carbocycles. The van der Waals surface area contributed by atoms with Crippen molar-refractivity contribution in [2.45, 2.75) is 105 Å². The second-order valence-electron chi connectivity index (χ2n) is 12.4. The molecule has 0 N–H and O–H groups in total. The van der Waals surface area contributed by atoms with Crippen molar-refractivity contribution < 1.29 is 9.59 Å². The average Bonchev–Trinajstić information content (AvgIpc) is 3.13. The van der Waals surface area contributed by atoms with E-state index in [1.54, 1.807) is 51.4 Å². The summed E-state index contributed by atoms with van der Waals surface area (Å²) in [5.41, 5.74) is 1.41. The normalized spacial score (nSPS) is 43.6. The second-order valence-corrected chi connectivity index (χ2v) is 12.4. The molecular weight excluding hydrogens is 392 g/mol. The third kappa shape index (κ3) is 4.32. The summed E-state index contributed by atoms with van der Waals surface area (Å²) < 4.78 is 0. The van der Waals surface area contributed by atoms with Crippen LogP contribution in [0.15, 0.2) is 24.3 Å². The molecule has 0 aromatic rings. The van der Waals surface area contributed by atoms with Crippen LogP contribution in [-0.2, 0) is 9.59 Å². The lowest BCUT2D eigenvalue weighted by Crippen LogP contribution is -2.53. The van der Waals surface area contributed by atoms with Gasteiger partial charge in [0, 0.05) is 0 Å². The summed E-state index contributed by atoms with van der Waals surface area (Å²) in [6.45, 7) is 10.4. The minimum atomic E-state index is -0.121. The number of carbonyl (C=O) groups is 2. The Balaban J connectivity index is 0.000000260. The highest BCUT2D eigenvalue weighted by Crippen LogP contribution is 2.68. The van der Waals surface area contributed by atoms with E-state index < -0.39 is 0 Å². The number of ketones is 2. The minimum Gasteiger partial charge on any atom is -0.290 e.